The Bertz CT molecular complexity index is 443. The van der Waals surface area contributed by atoms with E-state index >= 15 is 0 Å². The van der Waals surface area contributed by atoms with Crippen molar-refractivity contribution >= 4 is 0 Å². The quantitative estimate of drug-likeness (QED) is 0.871. The fourth-order valence-electron chi connectivity index (χ4n) is 3.66. The maximum atomic E-state index is 5.84. The maximum absolute atomic E-state index is 5.84. The molecule has 2 aliphatic heterocycles. The van der Waals surface area contributed by atoms with Crippen molar-refractivity contribution in [3.05, 3.63) is 29.8 Å². The van der Waals surface area contributed by atoms with Gasteiger partial charge in [-0.2, -0.15) is 0 Å². The summed E-state index contributed by atoms with van der Waals surface area (Å²) in [7, 11) is 0. The summed E-state index contributed by atoms with van der Waals surface area (Å²) in [5, 5.41) is 3.68. The molecule has 21 heavy (non-hydrogen) atoms. The fourth-order valence-corrected chi connectivity index (χ4v) is 3.66. The van der Waals surface area contributed by atoms with Gasteiger partial charge in [0.05, 0.1) is 6.61 Å². The van der Waals surface area contributed by atoms with E-state index < -0.39 is 0 Å². The van der Waals surface area contributed by atoms with Crippen molar-refractivity contribution in [1.82, 2.24) is 10.2 Å². The van der Waals surface area contributed by atoms with Crippen molar-refractivity contribution in [3.63, 3.8) is 0 Å². The molecule has 1 fully saturated rings. The number of hydrogen-bond acceptors (Lipinski definition) is 3. The molecule has 1 N–H and O–H groups in total. The molecule has 2 unspecified atom stereocenters. The Kier molecular flexibility index (Phi) is 5.15. The van der Waals surface area contributed by atoms with Crippen molar-refractivity contribution < 1.29 is 4.74 Å². The van der Waals surface area contributed by atoms with Gasteiger partial charge >= 0.3 is 0 Å². The third-order valence-corrected chi connectivity index (χ3v) is 4.71. The number of piperidine rings is 1. The van der Waals surface area contributed by atoms with Crippen molar-refractivity contribution in [2.45, 2.75) is 44.6 Å². The molecule has 0 aliphatic carbocycles. The van der Waals surface area contributed by atoms with E-state index in [1.165, 1.54) is 50.9 Å². The summed E-state index contributed by atoms with van der Waals surface area (Å²) < 4.78 is 5.84. The topological polar surface area (TPSA) is 24.5 Å². The smallest absolute Gasteiger partial charge is 0.122 e. The predicted octanol–water partition coefficient (Wildman–Crippen LogP) is 3.02. The first-order valence-corrected chi connectivity index (χ1v) is 8.54. The zero-order chi connectivity index (χ0) is 14.5. The molecule has 2 heterocycles. The van der Waals surface area contributed by atoms with Gasteiger partial charge in [-0.3, -0.25) is 0 Å². The number of para-hydroxylation sites is 1. The van der Waals surface area contributed by atoms with Gasteiger partial charge in [0.2, 0.25) is 0 Å². The first-order chi connectivity index (χ1) is 10.4. The first kappa shape index (κ1) is 14.9. The minimum Gasteiger partial charge on any atom is -0.493 e. The van der Waals surface area contributed by atoms with Crippen LogP contribution in [0.5, 0.6) is 5.75 Å². The Balaban J connectivity index is 1.60. The van der Waals surface area contributed by atoms with E-state index in [4.69, 9.17) is 4.74 Å². The van der Waals surface area contributed by atoms with Crippen LogP contribution < -0.4 is 10.1 Å². The molecule has 0 bridgehead atoms. The molecule has 0 spiro atoms. The van der Waals surface area contributed by atoms with Gasteiger partial charge in [0, 0.05) is 30.6 Å². The van der Waals surface area contributed by atoms with Crippen LogP contribution in [0.15, 0.2) is 24.3 Å². The largest absolute Gasteiger partial charge is 0.493 e. The molecule has 0 radical (unpaired) electrons. The van der Waals surface area contributed by atoms with Gasteiger partial charge in [0.25, 0.3) is 0 Å². The molecule has 1 aromatic carbocycles. The SMILES string of the molecule is CCCN(CC1CCCCN1)CC1COc2ccccc21. The van der Waals surface area contributed by atoms with Crippen LogP contribution in [0.4, 0.5) is 0 Å². The molecule has 0 aromatic heterocycles. The van der Waals surface area contributed by atoms with Gasteiger partial charge in [0.1, 0.15) is 5.75 Å². The Morgan fingerprint density at radius 3 is 2.95 bits per heavy atom. The lowest BCUT2D eigenvalue weighted by molar-refractivity contribution is 0.200. The molecule has 1 saturated heterocycles. The molecule has 2 aliphatic rings. The number of hydrogen-bond donors (Lipinski definition) is 1. The summed E-state index contributed by atoms with van der Waals surface area (Å²) in [6, 6.07) is 9.21. The van der Waals surface area contributed by atoms with E-state index in [-0.39, 0.29) is 0 Å². The van der Waals surface area contributed by atoms with E-state index in [0.29, 0.717) is 12.0 Å². The molecule has 3 heteroatoms. The summed E-state index contributed by atoms with van der Waals surface area (Å²) in [5.41, 5.74) is 1.40. The molecular weight excluding hydrogens is 260 g/mol. The van der Waals surface area contributed by atoms with Crippen LogP contribution in [0, 0.1) is 0 Å². The van der Waals surface area contributed by atoms with Gasteiger partial charge in [-0.25, -0.2) is 0 Å². The van der Waals surface area contributed by atoms with Crippen LogP contribution in [-0.4, -0.2) is 43.7 Å². The normalized spacial score (nSPS) is 24.9. The van der Waals surface area contributed by atoms with Crippen molar-refractivity contribution in [1.29, 1.82) is 0 Å². The van der Waals surface area contributed by atoms with Crippen LogP contribution in [-0.2, 0) is 0 Å². The highest BCUT2D eigenvalue weighted by Gasteiger charge is 2.26. The van der Waals surface area contributed by atoms with Gasteiger partial charge < -0.3 is 15.0 Å². The highest BCUT2D eigenvalue weighted by Crippen LogP contribution is 2.34. The lowest BCUT2D eigenvalue weighted by Gasteiger charge is -2.31. The molecule has 2 atom stereocenters. The lowest BCUT2D eigenvalue weighted by atomic mass is 9.99. The molecule has 3 rings (SSSR count). The second kappa shape index (κ2) is 7.28. The molecule has 0 saturated carbocycles. The lowest BCUT2D eigenvalue weighted by Crippen LogP contribution is -2.45. The van der Waals surface area contributed by atoms with Crippen LogP contribution in [0.25, 0.3) is 0 Å². The van der Waals surface area contributed by atoms with Crippen LogP contribution >= 0.6 is 0 Å². The standard InChI is InChI=1S/C18H28N2O/c1-2-11-20(13-16-7-5-6-10-19-16)12-15-14-21-18-9-4-3-8-17(15)18/h3-4,8-9,15-16,19H,2,5-7,10-14H2,1H3. The molecule has 116 valence electrons. The Hall–Kier alpha value is -1.06. The number of nitrogens with one attached hydrogen (secondary N) is 1. The highest BCUT2D eigenvalue weighted by molar-refractivity contribution is 5.39. The van der Waals surface area contributed by atoms with Crippen molar-refractivity contribution in [3.8, 4) is 5.75 Å². The van der Waals surface area contributed by atoms with Gasteiger partial charge in [-0.1, -0.05) is 31.5 Å². The van der Waals surface area contributed by atoms with E-state index in [0.717, 1.165) is 18.9 Å². The zero-order valence-electron chi connectivity index (χ0n) is 13.2. The van der Waals surface area contributed by atoms with Gasteiger partial charge in [-0.05, 0) is 38.4 Å². The maximum Gasteiger partial charge on any atom is 0.122 e. The highest BCUT2D eigenvalue weighted by atomic mass is 16.5. The Morgan fingerprint density at radius 2 is 2.14 bits per heavy atom. The third kappa shape index (κ3) is 3.78. The van der Waals surface area contributed by atoms with Gasteiger partial charge in [0.15, 0.2) is 0 Å². The number of rotatable bonds is 6. The number of fused-ring (bicyclic) bond motifs is 1. The summed E-state index contributed by atoms with van der Waals surface area (Å²) >= 11 is 0. The second-order valence-electron chi connectivity index (χ2n) is 6.45. The summed E-state index contributed by atoms with van der Waals surface area (Å²) in [4.78, 5) is 2.64. The van der Waals surface area contributed by atoms with Crippen LogP contribution in [0.2, 0.25) is 0 Å². The zero-order valence-corrected chi connectivity index (χ0v) is 13.2. The summed E-state index contributed by atoms with van der Waals surface area (Å²) in [6.07, 6.45) is 5.28. The average Bonchev–Trinajstić information content (AvgIpc) is 2.92. The van der Waals surface area contributed by atoms with E-state index in [9.17, 15) is 0 Å². The van der Waals surface area contributed by atoms with Crippen LogP contribution in [0.3, 0.4) is 0 Å². The summed E-state index contributed by atoms with van der Waals surface area (Å²) in [5.74, 6) is 1.63. The number of ether oxygens (including phenoxy) is 1. The minimum absolute atomic E-state index is 0.538. The molecule has 3 nitrogen and oxygen atoms in total. The minimum atomic E-state index is 0.538. The number of benzene rings is 1. The average molecular weight is 288 g/mol. The first-order valence-electron chi connectivity index (χ1n) is 8.54. The third-order valence-electron chi connectivity index (χ3n) is 4.71. The Labute approximate surface area is 128 Å². The second-order valence-corrected chi connectivity index (χ2v) is 6.45. The van der Waals surface area contributed by atoms with Crippen LogP contribution in [0.1, 0.15) is 44.1 Å². The fraction of sp³-hybridized carbons (Fsp3) is 0.667. The molecular formula is C18H28N2O. The number of nitrogens with zero attached hydrogens (tertiary/aromatic N) is 1. The molecule has 1 aromatic rings. The Morgan fingerprint density at radius 1 is 1.24 bits per heavy atom. The van der Waals surface area contributed by atoms with E-state index in [2.05, 4.69) is 41.4 Å². The molecule has 0 amide bonds. The monoisotopic (exact) mass is 288 g/mol. The van der Waals surface area contributed by atoms with Crippen molar-refractivity contribution in [2.75, 3.05) is 32.8 Å². The van der Waals surface area contributed by atoms with E-state index in [1.807, 2.05) is 0 Å². The van der Waals surface area contributed by atoms with Gasteiger partial charge in [-0.15, -0.1) is 0 Å². The van der Waals surface area contributed by atoms with Crippen molar-refractivity contribution in [2.24, 2.45) is 0 Å². The predicted molar refractivity (Wildman–Crippen MR) is 87.1 cm³/mol. The van der Waals surface area contributed by atoms with E-state index in [1.54, 1.807) is 0 Å². The summed E-state index contributed by atoms with van der Waals surface area (Å²) in [6.45, 7) is 7.82.